The summed E-state index contributed by atoms with van der Waals surface area (Å²) in [5.74, 6) is -1.19. The lowest BCUT2D eigenvalue weighted by atomic mass is 9.78. The highest BCUT2D eigenvalue weighted by atomic mass is 16.8. The molecular weight excluding hydrogens is 320 g/mol. The third-order valence-electron chi connectivity index (χ3n) is 4.90. The van der Waals surface area contributed by atoms with E-state index in [-0.39, 0.29) is 12.1 Å². The van der Waals surface area contributed by atoms with Gasteiger partial charge >= 0.3 is 5.97 Å². The van der Waals surface area contributed by atoms with Crippen LogP contribution in [0.2, 0.25) is 0 Å². The summed E-state index contributed by atoms with van der Waals surface area (Å²) in [5.41, 5.74) is 0.331. The van der Waals surface area contributed by atoms with E-state index in [1.807, 2.05) is 44.2 Å². The van der Waals surface area contributed by atoms with Gasteiger partial charge in [-0.25, -0.2) is 4.79 Å². The van der Waals surface area contributed by atoms with Crippen molar-refractivity contribution >= 4 is 5.97 Å². The highest BCUT2D eigenvalue weighted by Gasteiger charge is 2.62. The molecule has 1 saturated heterocycles. The molecule has 3 atom stereocenters. The molecule has 138 valence electrons. The van der Waals surface area contributed by atoms with Gasteiger partial charge in [0.15, 0.2) is 11.9 Å². The Labute approximate surface area is 149 Å². The van der Waals surface area contributed by atoms with Gasteiger partial charge in [0.2, 0.25) is 0 Å². The van der Waals surface area contributed by atoms with Crippen molar-refractivity contribution in [3.63, 3.8) is 0 Å². The Balaban J connectivity index is 1.81. The van der Waals surface area contributed by atoms with Crippen LogP contribution in [-0.4, -0.2) is 36.2 Å². The molecule has 5 nitrogen and oxygen atoms in total. The zero-order valence-electron chi connectivity index (χ0n) is 15.3. The summed E-state index contributed by atoms with van der Waals surface area (Å²) in [4.78, 5) is 12.5. The Morgan fingerprint density at radius 1 is 1.24 bits per heavy atom. The number of hydrogen-bond acceptors (Lipinski definition) is 5. The van der Waals surface area contributed by atoms with E-state index in [0.29, 0.717) is 13.2 Å². The molecule has 1 aliphatic carbocycles. The second kappa shape index (κ2) is 7.44. The molecular formula is C20H28O5. The SMILES string of the molecule is CCOC(=O)[C@H]1OC(C)(C)O[C@@]12CCCCC2OCc1ccccc1. The predicted octanol–water partition coefficient (Wildman–Crippen LogP) is 3.60. The first-order valence-corrected chi connectivity index (χ1v) is 9.17. The monoisotopic (exact) mass is 348 g/mol. The van der Waals surface area contributed by atoms with Crippen molar-refractivity contribution in [1.29, 1.82) is 0 Å². The smallest absolute Gasteiger partial charge is 0.338 e. The Morgan fingerprint density at radius 2 is 2.00 bits per heavy atom. The quantitative estimate of drug-likeness (QED) is 0.761. The Bertz CT molecular complexity index is 585. The lowest BCUT2D eigenvalue weighted by molar-refractivity contribution is -0.204. The maximum Gasteiger partial charge on any atom is 0.338 e. The third kappa shape index (κ3) is 3.89. The Hall–Kier alpha value is -1.43. The summed E-state index contributed by atoms with van der Waals surface area (Å²) in [5, 5.41) is 0. The van der Waals surface area contributed by atoms with Crippen LogP contribution in [-0.2, 0) is 30.3 Å². The van der Waals surface area contributed by atoms with E-state index in [2.05, 4.69) is 0 Å². The molecule has 0 bridgehead atoms. The molecule has 0 amide bonds. The van der Waals surface area contributed by atoms with Gasteiger partial charge in [0, 0.05) is 0 Å². The standard InChI is InChI=1S/C20H28O5/c1-4-22-18(21)17-20(25-19(2,3)24-17)13-9-8-12-16(20)23-14-15-10-6-5-7-11-15/h5-7,10-11,16-17H,4,8-9,12-14H2,1-3H3/t16?,17-,20-/m1/s1. The average molecular weight is 348 g/mol. The molecule has 0 aromatic heterocycles. The molecule has 2 aliphatic rings. The first-order chi connectivity index (χ1) is 12.0. The summed E-state index contributed by atoms with van der Waals surface area (Å²) in [7, 11) is 0. The van der Waals surface area contributed by atoms with E-state index in [4.69, 9.17) is 18.9 Å². The van der Waals surface area contributed by atoms with Gasteiger partial charge in [0.25, 0.3) is 0 Å². The highest BCUT2D eigenvalue weighted by Crippen LogP contribution is 2.47. The van der Waals surface area contributed by atoms with Crippen molar-refractivity contribution in [2.24, 2.45) is 0 Å². The number of benzene rings is 1. The van der Waals surface area contributed by atoms with E-state index >= 15 is 0 Å². The van der Waals surface area contributed by atoms with Crippen LogP contribution in [0.1, 0.15) is 52.0 Å². The highest BCUT2D eigenvalue weighted by molar-refractivity contribution is 5.77. The van der Waals surface area contributed by atoms with E-state index in [1.54, 1.807) is 6.92 Å². The van der Waals surface area contributed by atoms with E-state index < -0.39 is 17.5 Å². The average Bonchev–Trinajstić information content (AvgIpc) is 2.86. The van der Waals surface area contributed by atoms with Crippen LogP contribution in [0, 0.1) is 0 Å². The zero-order valence-corrected chi connectivity index (χ0v) is 15.3. The van der Waals surface area contributed by atoms with Crippen LogP contribution in [0.5, 0.6) is 0 Å². The minimum atomic E-state index is -0.830. The fourth-order valence-electron chi connectivity index (χ4n) is 3.93. The molecule has 0 radical (unpaired) electrons. The maximum atomic E-state index is 12.5. The first kappa shape index (κ1) is 18.4. The van der Waals surface area contributed by atoms with Crippen LogP contribution in [0.4, 0.5) is 0 Å². The molecule has 1 saturated carbocycles. The van der Waals surface area contributed by atoms with Crippen LogP contribution in [0.25, 0.3) is 0 Å². The Kier molecular flexibility index (Phi) is 5.46. The second-order valence-electron chi connectivity index (χ2n) is 7.24. The molecule has 1 spiro atoms. The first-order valence-electron chi connectivity index (χ1n) is 9.17. The van der Waals surface area contributed by atoms with E-state index in [0.717, 1.165) is 31.2 Å². The second-order valence-corrected chi connectivity index (χ2v) is 7.24. The topological polar surface area (TPSA) is 54.0 Å². The fourth-order valence-corrected chi connectivity index (χ4v) is 3.93. The van der Waals surface area contributed by atoms with Crippen molar-refractivity contribution in [1.82, 2.24) is 0 Å². The summed E-state index contributed by atoms with van der Waals surface area (Å²) < 4.78 is 23.8. The van der Waals surface area contributed by atoms with Gasteiger partial charge in [0.05, 0.1) is 19.3 Å². The summed E-state index contributed by atoms with van der Waals surface area (Å²) in [6.45, 7) is 6.31. The van der Waals surface area contributed by atoms with Gasteiger partial charge in [-0.05, 0) is 39.2 Å². The van der Waals surface area contributed by atoms with Gasteiger partial charge in [-0.3, -0.25) is 0 Å². The number of esters is 1. The molecule has 2 fully saturated rings. The van der Waals surface area contributed by atoms with Crippen LogP contribution in [0.3, 0.4) is 0 Å². The molecule has 0 N–H and O–H groups in total. The van der Waals surface area contributed by atoms with Gasteiger partial charge in [-0.1, -0.05) is 43.2 Å². The number of hydrogen-bond donors (Lipinski definition) is 0. The third-order valence-corrected chi connectivity index (χ3v) is 4.90. The van der Waals surface area contributed by atoms with Crippen molar-refractivity contribution in [2.75, 3.05) is 6.61 Å². The number of ether oxygens (including phenoxy) is 4. The largest absolute Gasteiger partial charge is 0.464 e. The maximum absolute atomic E-state index is 12.5. The predicted molar refractivity (Wildman–Crippen MR) is 92.9 cm³/mol. The van der Waals surface area contributed by atoms with Crippen molar-refractivity contribution in [2.45, 2.75) is 76.7 Å². The van der Waals surface area contributed by atoms with Crippen LogP contribution >= 0.6 is 0 Å². The molecule has 1 aromatic carbocycles. The Morgan fingerprint density at radius 3 is 2.72 bits per heavy atom. The normalized spacial score (nSPS) is 31.2. The minimum Gasteiger partial charge on any atom is -0.464 e. The summed E-state index contributed by atoms with van der Waals surface area (Å²) in [6, 6.07) is 10.0. The molecule has 1 aliphatic heterocycles. The van der Waals surface area contributed by atoms with Gasteiger partial charge in [-0.15, -0.1) is 0 Å². The molecule has 5 heteroatoms. The minimum absolute atomic E-state index is 0.197. The van der Waals surface area contributed by atoms with Crippen LogP contribution in [0.15, 0.2) is 30.3 Å². The number of carbonyl (C=O) groups excluding carboxylic acids is 1. The molecule has 3 rings (SSSR count). The molecule has 1 aromatic rings. The number of rotatable bonds is 5. The lowest BCUT2D eigenvalue weighted by Gasteiger charge is -2.42. The van der Waals surface area contributed by atoms with Gasteiger partial charge in [0.1, 0.15) is 5.60 Å². The fraction of sp³-hybridized carbons (Fsp3) is 0.650. The zero-order chi connectivity index (χ0) is 17.9. The van der Waals surface area contributed by atoms with E-state index in [9.17, 15) is 4.79 Å². The molecule has 1 unspecified atom stereocenters. The van der Waals surface area contributed by atoms with Gasteiger partial charge in [-0.2, -0.15) is 0 Å². The van der Waals surface area contributed by atoms with Crippen LogP contribution < -0.4 is 0 Å². The summed E-state index contributed by atoms with van der Waals surface area (Å²) >= 11 is 0. The summed E-state index contributed by atoms with van der Waals surface area (Å²) in [6.07, 6.45) is 2.68. The number of carbonyl (C=O) groups is 1. The lowest BCUT2D eigenvalue weighted by Crippen LogP contribution is -2.56. The van der Waals surface area contributed by atoms with Crippen molar-refractivity contribution < 1.29 is 23.7 Å². The van der Waals surface area contributed by atoms with E-state index in [1.165, 1.54) is 0 Å². The van der Waals surface area contributed by atoms with Crippen molar-refractivity contribution in [3.05, 3.63) is 35.9 Å². The van der Waals surface area contributed by atoms with Crippen molar-refractivity contribution in [3.8, 4) is 0 Å². The molecule has 1 heterocycles. The molecule has 25 heavy (non-hydrogen) atoms. The van der Waals surface area contributed by atoms with Gasteiger partial charge < -0.3 is 18.9 Å².